The number of aromatic nitrogens is 4. The average molecular weight is 472 g/mol. The van der Waals surface area contributed by atoms with Crippen LogP contribution in [0.25, 0.3) is 11.3 Å². The second-order valence-corrected chi connectivity index (χ2v) is 7.92. The Morgan fingerprint density at radius 1 is 0.943 bits per heavy atom. The van der Waals surface area contributed by atoms with Crippen LogP contribution in [0.2, 0.25) is 0 Å². The van der Waals surface area contributed by atoms with Gasteiger partial charge in [0, 0.05) is 44.3 Å². The lowest BCUT2D eigenvalue weighted by Crippen LogP contribution is -2.40. The minimum Gasteiger partial charge on any atom is -0.456 e. The lowest BCUT2D eigenvalue weighted by molar-refractivity contribution is 0.0495. The Kier molecular flexibility index (Phi) is 6.64. The minimum absolute atomic E-state index is 0.201. The smallest absolute Gasteiger partial charge is 0.264 e. The third-order valence-electron chi connectivity index (χ3n) is 5.46. The molecule has 4 aromatic rings. The summed E-state index contributed by atoms with van der Waals surface area (Å²) >= 11 is 0. The lowest BCUT2D eigenvalue weighted by atomic mass is 10.2. The van der Waals surface area contributed by atoms with Gasteiger partial charge in [0.1, 0.15) is 17.3 Å². The Balaban J connectivity index is 1.28. The molecule has 3 aromatic heterocycles. The van der Waals surface area contributed by atoms with Gasteiger partial charge in [-0.2, -0.15) is 0 Å². The molecule has 1 aromatic carbocycles. The highest BCUT2D eigenvalue weighted by Gasteiger charge is 2.13. The van der Waals surface area contributed by atoms with E-state index in [0.29, 0.717) is 47.7 Å². The summed E-state index contributed by atoms with van der Waals surface area (Å²) in [4.78, 5) is 26.1. The van der Waals surface area contributed by atoms with Gasteiger partial charge in [0.15, 0.2) is 0 Å². The molecule has 4 heterocycles. The topological polar surface area (TPSA) is 106 Å². The van der Waals surface area contributed by atoms with Crippen molar-refractivity contribution in [1.82, 2.24) is 24.5 Å². The first kappa shape index (κ1) is 22.5. The van der Waals surface area contributed by atoms with Crippen molar-refractivity contribution < 1.29 is 9.47 Å². The van der Waals surface area contributed by atoms with Crippen LogP contribution in [-0.4, -0.2) is 50.8 Å². The molecule has 178 valence electrons. The van der Waals surface area contributed by atoms with E-state index in [0.717, 1.165) is 18.8 Å². The largest absolute Gasteiger partial charge is 0.456 e. The van der Waals surface area contributed by atoms with Gasteiger partial charge in [-0.05, 0) is 30.3 Å². The van der Waals surface area contributed by atoms with Gasteiger partial charge in [-0.25, -0.2) is 15.0 Å². The number of anilines is 3. The van der Waals surface area contributed by atoms with Gasteiger partial charge in [-0.1, -0.05) is 18.2 Å². The zero-order chi connectivity index (χ0) is 24.0. The summed E-state index contributed by atoms with van der Waals surface area (Å²) in [6.45, 7) is 2.95. The molecule has 0 atom stereocenters. The van der Waals surface area contributed by atoms with E-state index >= 15 is 0 Å². The number of hydrogen-bond acceptors (Lipinski definition) is 9. The molecule has 0 saturated carbocycles. The molecular formula is C25H25N7O3. The van der Waals surface area contributed by atoms with Crippen LogP contribution in [0.5, 0.6) is 11.5 Å². The van der Waals surface area contributed by atoms with E-state index < -0.39 is 0 Å². The Labute approximate surface area is 202 Å². The number of hydrazine groups is 1. The van der Waals surface area contributed by atoms with E-state index in [1.807, 2.05) is 36.4 Å². The third-order valence-corrected chi connectivity index (χ3v) is 5.46. The summed E-state index contributed by atoms with van der Waals surface area (Å²) in [5, 5.41) is 5.21. The van der Waals surface area contributed by atoms with Gasteiger partial charge in [-0.15, -0.1) is 0 Å². The molecule has 1 saturated heterocycles. The normalized spacial score (nSPS) is 13.9. The van der Waals surface area contributed by atoms with Crippen LogP contribution in [0, 0.1) is 0 Å². The average Bonchev–Trinajstić information content (AvgIpc) is 2.89. The molecule has 0 aliphatic carbocycles. The zero-order valence-corrected chi connectivity index (χ0v) is 19.2. The van der Waals surface area contributed by atoms with Crippen molar-refractivity contribution in [2.24, 2.45) is 7.05 Å². The first-order chi connectivity index (χ1) is 17.2. The molecule has 35 heavy (non-hydrogen) atoms. The van der Waals surface area contributed by atoms with Crippen molar-refractivity contribution in [3.05, 3.63) is 83.5 Å². The Hall–Kier alpha value is -4.28. The number of rotatable bonds is 7. The predicted octanol–water partition coefficient (Wildman–Crippen LogP) is 3.43. The van der Waals surface area contributed by atoms with E-state index in [-0.39, 0.29) is 5.56 Å². The Bertz CT molecular complexity index is 1340. The molecule has 1 aliphatic heterocycles. The Morgan fingerprint density at radius 2 is 1.77 bits per heavy atom. The molecule has 0 unspecified atom stereocenters. The maximum absolute atomic E-state index is 12.9. The number of morpholine rings is 1. The van der Waals surface area contributed by atoms with Crippen LogP contribution in [0.3, 0.4) is 0 Å². The molecular weight excluding hydrogens is 446 g/mol. The van der Waals surface area contributed by atoms with Gasteiger partial charge < -0.3 is 20.2 Å². The highest BCUT2D eigenvalue weighted by atomic mass is 16.5. The van der Waals surface area contributed by atoms with Crippen molar-refractivity contribution >= 4 is 17.5 Å². The number of hydrogen-bond donors (Lipinski definition) is 2. The van der Waals surface area contributed by atoms with Crippen molar-refractivity contribution in [1.29, 1.82) is 0 Å². The highest BCUT2D eigenvalue weighted by molar-refractivity contribution is 5.60. The fourth-order valence-electron chi connectivity index (χ4n) is 3.60. The summed E-state index contributed by atoms with van der Waals surface area (Å²) < 4.78 is 12.8. The van der Waals surface area contributed by atoms with Crippen LogP contribution < -0.4 is 21.0 Å². The van der Waals surface area contributed by atoms with Crippen LogP contribution in [0.4, 0.5) is 17.5 Å². The van der Waals surface area contributed by atoms with Gasteiger partial charge in [-0.3, -0.25) is 14.3 Å². The van der Waals surface area contributed by atoms with E-state index in [1.54, 1.807) is 37.6 Å². The van der Waals surface area contributed by atoms with Crippen LogP contribution in [-0.2, 0) is 11.8 Å². The van der Waals surface area contributed by atoms with Crippen LogP contribution >= 0.6 is 0 Å². The molecule has 0 radical (unpaired) electrons. The van der Waals surface area contributed by atoms with E-state index in [4.69, 9.17) is 9.47 Å². The third kappa shape index (κ3) is 5.45. The van der Waals surface area contributed by atoms with Gasteiger partial charge in [0.2, 0.25) is 5.95 Å². The van der Waals surface area contributed by atoms with Crippen molar-refractivity contribution in [3.63, 3.8) is 0 Å². The number of pyridine rings is 2. The lowest BCUT2D eigenvalue weighted by Gasteiger charge is -2.27. The Morgan fingerprint density at radius 3 is 2.54 bits per heavy atom. The summed E-state index contributed by atoms with van der Waals surface area (Å²) in [6, 6.07) is 16.7. The molecule has 10 heteroatoms. The van der Waals surface area contributed by atoms with Crippen molar-refractivity contribution in [2.45, 2.75) is 0 Å². The molecule has 1 aliphatic rings. The fourth-order valence-corrected chi connectivity index (χ4v) is 3.60. The fraction of sp³-hybridized carbons (Fsp3) is 0.200. The molecule has 0 bridgehead atoms. The minimum atomic E-state index is -0.201. The summed E-state index contributed by atoms with van der Waals surface area (Å²) in [7, 11) is 1.67. The monoisotopic (exact) mass is 471 g/mol. The van der Waals surface area contributed by atoms with E-state index in [1.165, 1.54) is 10.8 Å². The van der Waals surface area contributed by atoms with Gasteiger partial charge in [0.25, 0.3) is 5.56 Å². The van der Waals surface area contributed by atoms with Gasteiger partial charge >= 0.3 is 0 Å². The highest BCUT2D eigenvalue weighted by Crippen LogP contribution is 2.24. The molecule has 5 rings (SSSR count). The van der Waals surface area contributed by atoms with Crippen LogP contribution in [0.1, 0.15) is 0 Å². The second-order valence-electron chi connectivity index (χ2n) is 7.92. The SMILES string of the molecule is Cn1c(Nc2ccccc2)ncc(-c2ccc(Oc3ccnc(NN4CCOCC4)c3)cn2)c1=O. The molecule has 0 spiro atoms. The predicted molar refractivity (Wildman–Crippen MR) is 133 cm³/mol. The maximum atomic E-state index is 12.9. The number of nitrogens with zero attached hydrogens (tertiary/aromatic N) is 5. The van der Waals surface area contributed by atoms with E-state index in [2.05, 4.69) is 30.7 Å². The quantitative estimate of drug-likeness (QED) is 0.419. The summed E-state index contributed by atoms with van der Waals surface area (Å²) in [5.74, 6) is 2.31. The number of benzene rings is 1. The van der Waals surface area contributed by atoms with Crippen molar-refractivity contribution in [3.8, 4) is 22.8 Å². The van der Waals surface area contributed by atoms with Gasteiger partial charge in [0.05, 0.1) is 30.7 Å². The number of nitrogens with one attached hydrogen (secondary N) is 2. The standard InChI is InChI=1S/C25H25N7O3/c1-31-24(33)21(17-28-25(31)29-18-5-3-2-4-6-18)22-8-7-20(16-27-22)35-19-9-10-26-23(15-19)30-32-11-13-34-14-12-32/h2-10,15-17H,11-14H2,1H3,(H,26,30)(H,28,29). The molecule has 0 amide bonds. The van der Waals surface area contributed by atoms with Crippen LogP contribution in [0.15, 0.2) is 78.0 Å². The maximum Gasteiger partial charge on any atom is 0.264 e. The number of para-hydroxylation sites is 1. The van der Waals surface area contributed by atoms with Crippen molar-refractivity contribution in [2.75, 3.05) is 37.0 Å². The first-order valence-electron chi connectivity index (χ1n) is 11.2. The first-order valence-corrected chi connectivity index (χ1v) is 11.2. The zero-order valence-electron chi connectivity index (χ0n) is 19.2. The molecule has 2 N–H and O–H groups in total. The summed E-state index contributed by atoms with van der Waals surface area (Å²) in [5.41, 5.74) is 4.83. The van der Waals surface area contributed by atoms with E-state index in [9.17, 15) is 4.79 Å². The summed E-state index contributed by atoms with van der Waals surface area (Å²) in [6.07, 6.45) is 4.80. The number of ether oxygens (including phenoxy) is 2. The molecule has 1 fully saturated rings. The second kappa shape index (κ2) is 10.3. The molecule has 10 nitrogen and oxygen atoms in total.